The number of carbonyl (C=O) groups excluding carboxylic acids is 2. The Morgan fingerprint density at radius 1 is 0.369 bits per heavy atom. The Morgan fingerprint density at radius 2 is 0.721 bits per heavy atom. The van der Waals surface area contributed by atoms with Gasteiger partial charge in [-0.1, -0.05) is 200 Å². The first-order chi connectivity index (χ1) is 59.1. The molecule has 4 saturated heterocycles. The van der Waals surface area contributed by atoms with E-state index < -0.39 is 60.1 Å². The van der Waals surface area contributed by atoms with Gasteiger partial charge in [-0.05, 0) is 128 Å². The van der Waals surface area contributed by atoms with E-state index in [2.05, 4.69) is 114 Å². The lowest BCUT2D eigenvalue weighted by atomic mass is 9.84. The van der Waals surface area contributed by atoms with E-state index in [4.69, 9.17) is 10.5 Å². The SMILES string of the molecule is CB(O)N1CCN(c2cccc3c(Cc4ccccc4)c(C(=O)O)n(B(C)O)c23)CC1.CB(O)N1CCN(c2cccc3c(Cc4ccccc4)c(C(=O)OCc4ccccc4)n(B(C)O)c23)CC1.CB(O)N1CCN(c2cccc3c(Cc4ccccc4)cn(B(C)O)c23)CC1.NC(=O)c1[nH]c2c(N3CCNCC3)cccc2c1Cc1ccccc1. The molecule has 4 aliphatic rings. The molecule has 24 nitrogen and oxygen atoms in total. The molecule has 8 heterocycles. The van der Waals surface area contributed by atoms with Crippen LogP contribution in [0.2, 0.25) is 40.9 Å². The lowest BCUT2D eigenvalue weighted by Crippen LogP contribution is -2.51. The van der Waals surface area contributed by atoms with E-state index in [-0.39, 0.29) is 12.3 Å². The van der Waals surface area contributed by atoms with Crippen molar-refractivity contribution in [3.8, 4) is 0 Å². The van der Waals surface area contributed by atoms with Crippen molar-refractivity contribution in [2.24, 2.45) is 5.73 Å². The standard InChI is InChI=1S/C29H33B2N3O4.C22H27B2N3O4.C21H27B2N3O2.C20H22N4O/c1-30(36)33-18-16-32(17-19-33)26-15-9-14-24-25(20-22-10-5-3-6-11-22)28(34(27(24)26)31(2)37)29(35)38-21-23-12-7-4-8-13-23;1-23(30)26-13-11-25(12-14-26)19-10-6-9-17-18(15-16-7-4-3-5-8-16)21(22(28)29)27(20(17)19)24(2)31;1-22(27)25-13-11-24(12-14-25)20-10-6-9-19-18(15-17-7-4-3-5-8-17)16-26(21(19)20)23(2)28;21-20(25)19-16(13-14-5-2-1-3-6-14)15-7-4-8-17(18(15)23-19)24-11-9-22-10-12-24/h3-15,36-37H,16-21H2,1-2H3;3-10,30-31H,11-15H2,1-2H3,(H,28,29);3-10,16,27-28H,11-15H2,1-2H3;1-8,22-23H,9-13H2,(H2,21,25). The van der Waals surface area contributed by atoms with Gasteiger partial charge in [0, 0.05) is 146 Å². The number of ether oxygens (including phenoxy) is 1. The lowest BCUT2D eigenvalue weighted by Gasteiger charge is -2.37. The number of hydrogen-bond donors (Lipinski definition) is 10. The van der Waals surface area contributed by atoms with Crippen molar-refractivity contribution >= 4 is 127 Å². The number of rotatable bonds is 23. The van der Waals surface area contributed by atoms with Gasteiger partial charge >= 0.3 is 54.2 Å². The van der Waals surface area contributed by atoms with Gasteiger partial charge in [0.25, 0.3) is 5.91 Å². The van der Waals surface area contributed by atoms with Gasteiger partial charge in [0.1, 0.15) is 23.7 Å². The van der Waals surface area contributed by atoms with Gasteiger partial charge in [-0.25, -0.2) is 9.59 Å². The molecule has 4 aliphatic heterocycles. The van der Waals surface area contributed by atoms with Crippen molar-refractivity contribution < 1.29 is 54.4 Å². The number of aromatic carboxylic acids is 1. The Hall–Kier alpha value is -11.3. The summed E-state index contributed by atoms with van der Waals surface area (Å²) < 4.78 is 11.1. The highest BCUT2D eigenvalue weighted by Gasteiger charge is 2.35. The third-order valence-electron chi connectivity index (χ3n) is 24.0. The first-order valence-corrected chi connectivity index (χ1v) is 42.6. The molecule has 0 saturated carbocycles. The molecule has 4 fully saturated rings. The highest BCUT2D eigenvalue weighted by Crippen LogP contribution is 2.40. The number of nitrogens with one attached hydrogen (secondary N) is 2. The van der Waals surface area contributed by atoms with Gasteiger partial charge in [0.15, 0.2) is 0 Å². The molecule has 30 heteroatoms. The molecule has 0 aliphatic carbocycles. The fourth-order valence-corrected chi connectivity index (χ4v) is 17.8. The number of amides is 1. The number of nitrogens with two attached hydrogens (primary N) is 1. The number of H-pyrrole nitrogens is 1. The van der Waals surface area contributed by atoms with Crippen LogP contribution in [-0.2, 0) is 37.0 Å². The van der Waals surface area contributed by atoms with Gasteiger partial charge in [-0.3, -0.25) is 4.79 Å². The molecular formula is C92H109B6N13O11. The maximum absolute atomic E-state index is 13.7. The number of esters is 1. The summed E-state index contributed by atoms with van der Waals surface area (Å²) in [6, 6.07) is 74.7. The normalized spacial score (nSPS) is 14.7. The summed E-state index contributed by atoms with van der Waals surface area (Å²) in [6.45, 7) is 23.7. The van der Waals surface area contributed by atoms with Crippen LogP contribution in [0, 0.1) is 0 Å². The van der Waals surface area contributed by atoms with Crippen molar-refractivity contribution in [2.45, 2.75) is 73.2 Å². The van der Waals surface area contributed by atoms with E-state index >= 15 is 0 Å². The van der Waals surface area contributed by atoms with Gasteiger partial charge in [0.05, 0.1) is 44.8 Å². The van der Waals surface area contributed by atoms with Crippen LogP contribution in [0.15, 0.2) is 231 Å². The molecule has 626 valence electrons. The highest BCUT2D eigenvalue weighted by molar-refractivity contribution is 6.51. The molecule has 1 amide bonds. The number of para-hydroxylation sites is 4. The monoisotopic (exact) mass is 1640 g/mol. The van der Waals surface area contributed by atoms with Crippen LogP contribution in [0.3, 0.4) is 0 Å². The van der Waals surface area contributed by atoms with Crippen molar-refractivity contribution in [1.29, 1.82) is 0 Å². The van der Waals surface area contributed by atoms with Crippen LogP contribution in [0.1, 0.15) is 81.5 Å². The largest absolute Gasteiger partial charge is 0.477 e. The average Bonchev–Trinajstić information content (AvgIpc) is 1.60. The molecule has 11 N–H and O–H groups in total. The number of aromatic nitrogens is 4. The Kier molecular flexibility index (Phi) is 28.7. The number of piperazine rings is 4. The summed E-state index contributed by atoms with van der Waals surface area (Å²) >= 11 is 0. The number of aromatic amines is 1. The summed E-state index contributed by atoms with van der Waals surface area (Å²) in [6.07, 6.45) is 4.63. The third-order valence-corrected chi connectivity index (χ3v) is 24.0. The minimum absolute atomic E-state index is 0.129. The second-order valence-electron chi connectivity index (χ2n) is 32.1. The van der Waals surface area contributed by atoms with Crippen molar-refractivity contribution in [3.05, 3.63) is 298 Å². The number of hydrogen-bond acceptors (Lipinski definition) is 18. The predicted octanol–water partition coefficient (Wildman–Crippen LogP) is 10.6. The first-order valence-electron chi connectivity index (χ1n) is 42.6. The number of benzene rings is 9. The molecule has 122 heavy (non-hydrogen) atoms. The lowest BCUT2D eigenvalue weighted by molar-refractivity contribution is 0.0462. The number of carboxylic acid groups (broad SMARTS) is 1. The summed E-state index contributed by atoms with van der Waals surface area (Å²) in [7, 11) is -3.91. The van der Waals surface area contributed by atoms with E-state index in [1.54, 1.807) is 36.2 Å². The number of nitrogens with zero attached hydrogens (tertiary/aromatic N) is 10. The minimum Gasteiger partial charge on any atom is -0.477 e. The van der Waals surface area contributed by atoms with E-state index in [0.717, 1.165) is 174 Å². The van der Waals surface area contributed by atoms with Crippen LogP contribution in [0.4, 0.5) is 22.7 Å². The van der Waals surface area contributed by atoms with Crippen molar-refractivity contribution in [2.75, 3.05) is 124 Å². The van der Waals surface area contributed by atoms with Crippen LogP contribution >= 0.6 is 0 Å². The van der Waals surface area contributed by atoms with E-state index in [9.17, 15) is 49.6 Å². The van der Waals surface area contributed by atoms with E-state index in [1.165, 1.54) is 22.1 Å². The second kappa shape index (κ2) is 40.2. The smallest absolute Gasteiger partial charge is 0.414 e. The number of primary amides is 1. The molecule has 0 spiro atoms. The molecule has 0 radical (unpaired) electrons. The molecular weight excluding hydrogens is 1530 g/mol. The Morgan fingerprint density at radius 3 is 1.11 bits per heavy atom. The summed E-state index contributed by atoms with van der Waals surface area (Å²) in [5, 5.41) is 79.3. The quantitative estimate of drug-likeness (QED) is 0.0210. The van der Waals surface area contributed by atoms with Gasteiger partial charge in [-0.15, -0.1) is 0 Å². The van der Waals surface area contributed by atoms with Crippen molar-refractivity contribution in [3.63, 3.8) is 0 Å². The fourth-order valence-electron chi connectivity index (χ4n) is 17.8. The number of carbonyl (C=O) groups is 3. The van der Waals surface area contributed by atoms with E-state index in [1.807, 2.05) is 179 Å². The van der Waals surface area contributed by atoms with Gasteiger partial charge in [-0.2, -0.15) is 0 Å². The number of fused-ring (bicyclic) bond motifs is 4. The van der Waals surface area contributed by atoms with Gasteiger partial charge < -0.3 is 103 Å². The average molecular weight is 1640 g/mol. The Balaban J connectivity index is 0.000000134. The van der Waals surface area contributed by atoms with Crippen LogP contribution < -0.4 is 30.7 Å². The molecule has 0 unspecified atom stereocenters. The predicted molar refractivity (Wildman–Crippen MR) is 498 cm³/mol. The number of anilines is 4. The number of carboxylic acids is 1. The topological polar surface area (TPSA) is 293 Å². The second-order valence-corrected chi connectivity index (χ2v) is 32.1. The zero-order chi connectivity index (χ0) is 85.7. The van der Waals surface area contributed by atoms with Crippen LogP contribution in [0.5, 0.6) is 0 Å². The van der Waals surface area contributed by atoms with Crippen LogP contribution in [0.25, 0.3) is 43.6 Å². The molecule has 0 bridgehead atoms. The fraction of sp³-hybridized carbons (Fsp3) is 0.293. The minimum atomic E-state index is -1.05. The molecule has 17 rings (SSSR count). The summed E-state index contributed by atoms with van der Waals surface area (Å²) in [5.74, 6) is -1.91. The van der Waals surface area contributed by atoms with Gasteiger partial charge in [0.2, 0.25) is 0 Å². The summed E-state index contributed by atoms with van der Waals surface area (Å²) in [4.78, 5) is 56.7. The zero-order valence-electron chi connectivity index (χ0n) is 70.6. The molecule has 4 aromatic heterocycles. The van der Waals surface area contributed by atoms with Crippen LogP contribution in [-0.4, -0.2) is 233 Å². The third kappa shape index (κ3) is 19.9. The maximum atomic E-state index is 13.7. The Labute approximate surface area is 716 Å². The molecule has 0 atom stereocenters. The zero-order valence-corrected chi connectivity index (χ0v) is 70.6. The van der Waals surface area contributed by atoms with E-state index in [0.29, 0.717) is 62.4 Å². The highest BCUT2D eigenvalue weighted by atomic mass is 16.5. The maximum Gasteiger partial charge on any atom is 0.414 e. The van der Waals surface area contributed by atoms with Crippen molar-refractivity contribution in [1.82, 2.24) is 38.2 Å². The molecule has 9 aromatic carbocycles. The Bertz CT molecular complexity index is 5680. The summed E-state index contributed by atoms with van der Waals surface area (Å²) in [5.41, 5.74) is 23.7. The molecule has 13 aromatic rings. The first kappa shape index (κ1) is 87.1.